The first-order chi connectivity index (χ1) is 11.8. The summed E-state index contributed by atoms with van der Waals surface area (Å²) >= 11 is 0. The molecule has 0 aliphatic heterocycles. The summed E-state index contributed by atoms with van der Waals surface area (Å²) in [5.74, 6) is -1.07. The van der Waals surface area contributed by atoms with Gasteiger partial charge in [0.05, 0.1) is 17.6 Å². The highest BCUT2D eigenvalue weighted by molar-refractivity contribution is 5.98. The van der Waals surface area contributed by atoms with Gasteiger partial charge in [0.2, 0.25) is 0 Å². The highest BCUT2D eigenvalue weighted by Crippen LogP contribution is 2.28. The molecular weight excluding hydrogens is 326 g/mol. The Balaban J connectivity index is 2.21. The average molecular weight is 343 g/mol. The van der Waals surface area contributed by atoms with Crippen LogP contribution in [0, 0.1) is 24.0 Å². The number of nitro groups is 1. The number of methoxy groups -OCH3 is 1. The molecule has 0 radical (unpaired) electrons. The molecule has 0 aliphatic carbocycles. The number of nitrogens with zero attached hydrogens (tertiary/aromatic N) is 1. The quantitative estimate of drug-likeness (QED) is 0.346. The molecule has 2 rings (SSSR count). The van der Waals surface area contributed by atoms with Crippen LogP contribution in [0.2, 0.25) is 0 Å². The molecule has 0 aromatic heterocycles. The highest BCUT2D eigenvalue weighted by atomic mass is 16.6. The smallest absolute Gasteiger partial charge is 0.338 e. The van der Waals surface area contributed by atoms with E-state index in [9.17, 15) is 19.7 Å². The molecule has 25 heavy (non-hydrogen) atoms. The van der Waals surface area contributed by atoms with Crippen molar-refractivity contribution in [2.24, 2.45) is 0 Å². The molecule has 7 nitrogen and oxygen atoms in total. The second-order valence-electron chi connectivity index (χ2n) is 5.46. The van der Waals surface area contributed by atoms with E-state index in [1.165, 1.54) is 19.2 Å². The van der Waals surface area contributed by atoms with Crippen molar-refractivity contribution in [1.29, 1.82) is 0 Å². The third-order valence-electron chi connectivity index (χ3n) is 3.62. The van der Waals surface area contributed by atoms with Crippen molar-refractivity contribution in [3.63, 3.8) is 0 Å². The van der Waals surface area contributed by atoms with Crippen LogP contribution in [0.5, 0.6) is 5.75 Å². The number of esters is 1. The zero-order chi connectivity index (χ0) is 18.6. The van der Waals surface area contributed by atoms with Crippen molar-refractivity contribution >= 4 is 17.4 Å². The maximum atomic E-state index is 12.3. The van der Waals surface area contributed by atoms with Crippen molar-refractivity contribution in [2.75, 3.05) is 13.7 Å². The number of carbonyl (C=O) groups is 2. The zero-order valence-corrected chi connectivity index (χ0v) is 14.1. The van der Waals surface area contributed by atoms with Crippen LogP contribution in [0.1, 0.15) is 31.8 Å². The first-order valence-electron chi connectivity index (χ1n) is 7.43. The number of aryl methyl sites for hydroxylation is 2. The molecule has 2 aromatic carbocycles. The van der Waals surface area contributed by atoms with Crippen LogP contribution < -0.4 is 4.74 Å². The van der Waals surface area contributed by atoms with Crippen LogP contribution >= 0.6 is 0 Å². The topological polar surface area (TPSA) is 95.7 Å². The molecule has 0 bridgehead atoms. The van der Waals surface area contributed by atoms with Gasteiger partial charge in [-0.1, -0.05) is 23.8 Å². The van der Waals surface area contributed by atoms with Gasteiger partial charge < -0.3 is 9.47 Å². The number of rotatable bonds is 6. The van der Waals surface area contributed by atoms with Crippen LogP contribution in [-0.4, -0.2) is 30.4 Å². The molecule has 0 unspecified atom stereocenters. The number of ketones is 1. The fraction of sp³-hybridized carbons (Fsp3) is 0.222. The Hall–Kier alpha value is -3.22. The number of Topliss-reactive ketones (excluding diaryl/α,β-unsaturated/α-hetero) is 1. The predicted molar refractivity (Wildman–Crippen MR) is 90.2 cm³/mol. The maximum Gasteiger partial charge on any atom is 0.338 e. The number of hydrogen-bond acceptors (Lipinski definition) is 6. The Morgan fingerprint density at radius 3 is 2.44 bits per heavy atom. The first kappa shape index (κ1) is 18.1. The van der Waals surface area contributed by atoms with E-state index in [1.807, 2.05) is 26.0 Å². The molecule has 0 saturated heterocycles. The van der Waals surface area contributed by atoms with Gasteiger partial charge >= 0.3 is 11.7 Å². The summed E-state index contributed by atoms with van der Waals surface area (Å²) in [6, 6.07) is 9.07. The Morgan fingerprint density at radius 2 is 1.84 bits per heavy atom. The number of carbonyl (C=O) groups excluding carboxylic acids is 2. The lowest BCUT2D eigenvalue weighted by Gasteiger charge is -2.09. The third kappa shape index (κ3) is 4.20. The molecule has 130 valence electrons. The lowest BCUT2D eigenvalue weighted by Crippen LogP contribution is -2.14. The molecule has 0 saturated carbocycles. The van der Waals surface area contributed by atoms with Gasteiger partial charge in [-0.15, -0.1) is 0 Å². The van der Waals surface area contributed by atoms with Gasteiger partial charge in [0, 0.05) is 11.6 Å². The van der Waals surface area contributed by atoms with Crippen LogP contribution in [0.3, 0.4) is 0 Å². The number of nitro benzene ring substituents is 1. The summed E-state index contributed by atoms with van der Waals surface area (Å²) in [6.45, 7) is 3.39. The number of ether oxygens (including phenoxy) is 2. The Labute approximate surface area is 144 Å². The molecule has 0 amide bonds. The van der Waals surface area contributed by atoms with Crippen LogP contribution in [0.25, 0.3) is 0 Å². The molecule has 7 heteroatoms. The van der Waals surface area contributed by atoms with E-state index in [0.29, 0.717) is 5.56 Å². The predicted octanol–water partition coefficient (Wildman–Crippen LogP) is 3.26. The molecule has 0 spiro atoms. The maximum absolute atomic E-state index is 12.3. The summed E-state index contributed by atoms with van der Waals surface area (Å²) < 4.78 is 9.86. The molecular formula is C18H17NO6. The van der Waals surface area contributed by atoms with Gasteiger partial charge in [0.15, 0.2) is 18.1 Å². The summed E-state index contributed by atoms with van der Waals surface area (Å²) in [6.07, 6.45) is 0. The highest BCUT2D eigenvalue weighted by Gasteiger charge is 2.20. The molecule has 0 heterocycles. The van der Waals surface area contributed by atoms with Crippen LogP contribution in [0.4, 0.5) is 5.69 Å². The minimum absolute atomic E-state index is 0.0299. The summed E-state index contributed by atoms with van der Waals surface area (Å²) in [7, 11) is 1.18. The van der Waals surface area contributed by atoms with E-state index in [2.05, 4.69) is 4.74 Å². The second-order valence-corrected chi connectivity index (χ2v) is 5.46. The van der Waals surface area contributed by atoms with Crippen molar-refractivity contribution in [1.82, 2.24) is 0 Å². The van der Waals surface area contributed by atoms with E-state index < -0.39 is 16.6 Å². The van der Waals surface area contributed by atoms with E-state index >= 15 is 0 Å². The van der Waals surface area contributed by atoms with E-state index in [1.54, 1.807) is 6.07 Å². The van der Waals surface area contributed by atoms with Crippen molar-refractivity contribution < 1.29 is 24.0 Å². The van der Waals surface area contributed by atoms with Crippen molar-refractivity contribution in [2.45, 2.75) is 13.8 Å². The van der Waals surface area contributed by atoms with Gasteiger partial charge in [-0.2, -0.15) is 0 Å². The number of benzene rings is 2. The monoisotopic (exact) mass is 343 g/mol. The zero-order valence-electron chi connectivity index (χ0n) is 14.1. The summed E-state index contributed by atoms with van der Waals surface area (Å²) in [5.41, 5.74) is 1.96. The fourth-order valence-electron chi connectivity index (χ4n) is 2.37. The molecule has 2 aromatic rings. The van der Waals surface area contributed by atoms with Crippen molar-refractivity contribution in [3.05, 3.63) is 68.8 Å². The van der Waals surface area contributed by atoms with Gasteiger partial charge in [-0.25, -0.2) is 4.79 Å². The number of hydrogen-bond donors (Lipinski definition) is 0. The third-order valence-corrected chi connectivity index (χ3v) is 3.62. The van der Waals surface area contributed by atoms with Crippen LogP contribution in [-0.2, 0) is 4.74 Å². The first-order valence-corrected chi connectivity index (χ1v) is 7.43. The SMILES string of the molecule is COC(=O)c1ccc(OCC(=O)c2ccc(C)cc2C)c([N+](=O)[O-])c1. The van der Waals surface area contributed by atoms with Gasteiger partial charge in [0.1, 0.15) is 0 Å². The van der Waals surface area contributed by atoms with Crippen molar-refractivity contribution in [3.8, 4) is 5.75 Å². The minimum atomic E-state index is -0.694. The Bertz CT molecular complexity index is 843. The molecule has 0 aliphatic rings. The summed E-state index contributed by atoms with van der Waals surface area (Å²) in [5, 5.41) is 11.2. The van der Waals surface area contributed by atoms with Gasteiger partial charge in [-0.3, -0.25) is 14.9 Å². The molecule has 0 atom stereocenters. The fourth-order valence-corrected chi connectivity index (χ4v) is 2.37. The van der Waals surface area contributed by atoms with E-state index in [-0.39, 0.29) is 23.7 Å². The average Bonchev–Trinajstić information content (AvgIpc) is 2.58. The normalized spacial score (nSPS) is 10.2. The lowest BCUT2D eigenvalue weighted by atomic mass is 10.0. The minimum Gasteiger partial charge on any atom is -0.478 e. The second kappa shape index (κ2) is 7.57. The van der Waals surface area contributed by atoms with Gasteiger partial charge in [0.25, 0.3) is 0 Å². The molecule has 0 fully saturated rings. The summed E-state index contributed by atoms with van der Waals surface area (Å²) in [4.78, 5) is 34.3. The van der Waals surface area contributed by atoms with E-state index in [4.69, 9.17) is 4.74 Å². The van der Waals surface area contributed by atoms with Crippen LogP contribution in [0.15, 0.2) is 36.4 Å². The van der Waals surface area contributed by atoms with Gasteiger partial charge in [-0.05, 0) is 31.5 Å². The van der Waals surface area contributed by atoms with E-state index in [0.717, 1.165) is 17.2 Å². The Kier molecular flexibility index (Phi) is 5.49. The lowest BCUT2D eigenvalue weighted by molar-refractivity contribution is -0.385. The largest absolute Gasteiger partial charge is 0.478 e. The Morgan fingerprint density at radius 1 is 1.12 bits per heavy atom. The molecule has 0 N–H and O–H groups in total. The standard InChI is InChI=1S/C18H17NO6/c1-11-4-6-14(12(2)8-11)16(20)10-25-17-7-5-13(18(21)24-3)9-15(17)19(22)23/h4-9H,10H2,1-3H3.